The second-order valence-electron chi connectivity index (χ2n) is 4.23. The van der Waals surface area contributed by atoms with Gasteiger partial charge >= 0.3 is 0 Å². The molecule has 0 aliphatic heterocycles. The van der Waals surface area contributed by atoms with Gasteiger partial charge in [0.25, 0.3) is 0 Å². The first-order chi connectivity index (χ1) is 9.86. The fourth-order valence-electron chi connectivity index (χ4n) is 1.90. The zero-order valence-corrected chi connectivity index (χ0v) is 10.7. The Kier molecular flexibility index (Phi) is 3.40. The van der Waals surface area contributed by atoms with E-state index >= 15 is 0 Å². The largest absolute Gasteiger partial charge is 0.338 e. The van der Waals surface area contributed by atoms with E-state index in [0.717, 1.165) is 16.5 Å². The Labute approximate surface area is 116 Å². The van der Waals surface area contributed by atoms with E-state index in [9.17, 15) is 0 Å². The third-order valence-corrected chi connectivity index (χ3v) is 2.83. The lowest BCUT2D eigenvalue weighted by atomic mass is 10.1. The third-order valence-electron chi connectivity index (χ3n) is 2.83. The van der Waals surface area contributed by atoms with Crippen molar-refractivity contribution >= 4 is 10.9 Å². The van der Waals surface area contributed by atoms with Crippen LogP contribution in [0.2, 0.25) is 0 Å². The second-order valence-corrected chi connectivity index (χ2v) is 4.23. The van der Waals surface area contributed by atoms with Crippen LogP contribution in [0.25, 0.3) is 22.3 Å². The Morgan fingerprint density at radius 3 is 3.15 bits per heavy atom. The molecule has 5 nitrogen and oxygen atoms in total. The SMILES string of the molecule is C#CCNCc1nc(-c2ccc3ncccc3c2)no1. The molecule has 2 aromatic heterocycles. The first-order valence-corrected chi connectivity index (χ1v) is 6.19. The van der Waals surface area contributed by atoms with Gasteiger partial charge in [-0.25, -0.2) is 0 Å². The molecule has 98 valence electrons. The molecule has 0 saturated carbocycles. The number of hydrogen-bond donors (Lipinski definition) is 1. The van der Waals surface area contributed by atoms with Crippen molar-refractivity contribution in [3.05, 3.63) is 42.4 Å². The van der Waals surface area contributed by atoms with E-state index < -0.39 is 0 Å². The van der Waals surface area contributed by atoms with Gasteiger partial charge < -0.3 is 4.52 Å². The molecule has 0 aliphatic carbocycles. The minimum Gasteiger partial charge on any atom is -0.338 e. The number of nitrogens with one attached hydrogen (secondary N) is 1. The van der Waals surface area contributed by atoms with Gasteiger partial charge in [0.1, 0.15) is 0 Å². The average Bonchev–Trinajstić information content (AvgIpc) is 2.96. The standard InChI is InChI=1S/C15H12N4O/c1-2-7-16-10-14-18-15(19-20-14)12-5-6-13-11(9-12)4-3-8-17-13/h1,3-6,8-9,16H,7,10H2. The van der Waals surface area contributed by atoms with E-state index in [1.54, 1.807) is 6.20 Å². The summed E-state index contributed by atoms with van der Waals surface area (Å²) in [5.74, 6) is 3.57. The molecule has 3 aromatic rings. The average molecular weight is 264 g/mol. The number of pyridine rings is 1. The van der Waals surface area contributed by atoms with Crippen molar-refractivity contribution in [3.8, 4) is 23.7 Å². The lowest BCUT2D eigenvalue weighted by Crippen LogP contribution is -2.13. The van der Waals surface area contributed by atoms with Gasteiger partial charge in [0, 0.05) is 17.1 Å². The maximum absolute atomic E-state index is 5.17. The number of hydrogen-bond acceptors (Lipinski definition) is 5. The zero-order chi connectivity index (χ0) is 13.8. The zero-order valence-electron chi connectivity index (χ0n) is 10.7. The molecular weight excluding hydrogens is 252 g/mol. The molecule has 0 fully saturated rings. The normalized spacial score (nSPS) is 10.6. The van der Waals surface area contributed by atoms with Crippen LogP contribution in [0.3, 0.4) is 0 Å². The van der Waals surface area contributed by atoms with Crippen LogP contribution in [0.15, 0.2) is 41.1 Å². The van der Waals surface area contributed by atoms with Crippen LogP contribution in [-0.4, -0.2) is 21.7 Å². The minimum absolute atomic E-state index is 0.465. The summed E-state index contributed by atoms with van der Waals surface area (Å²) in [7, 11) is 0. The maximum atomic E-state index is 5.17. The van der Waals surface area contributed by atoms with E-state index in [1.165, 1.54) is 0 Å². The van der Waals surface area contributed by atoms with E-state index in [2.05, 4.69) is 26.4 Å². The van der Waals surface area contributed by atoms with Crippen molar-refractivity contribution in [2.75, 3.05) is 6.54 Å². The van der Waals surface area contributed by atoms with Crippen LogP contribution in [0.5, 0.6) is 0 Å². The highest BCUT2D eigenvalue weighted by atomic mass is 16.5. The highest BCUT2D eigenvalue weighted by Crippen LogP contribution is 2.21. The summed E-state index contributed by atoms with van der Waals surface area (Å²) in [5, 5.41) is 8.02. The maximum Gasteiger partial charge on any atom is 0.240 e. The lowest BCUT2D eigenvalue weighted by molar-refractivity contribution is 0.370. The van der Waals surface area contributed by atoms with Gasteiger partial charge in [-0.15, -0.1) is 6.42 Å². The van der Waals surface area contributed by atoms with E-state index in [1.807, 2.05) is 30.3 Å². The number of fused-ring (bicyclic) bond motifs is 1. The molecule has 0 aliphatic rings. The fourth-order valence-corrected chi connectivity index (χ4v) is 1.90. The van der Waals surface area contributed by atoms with Crippen molar-refractivity contribution in [3.63, 3.8) is 0 Å². The smallest absolute Gasteiger partial charge is 0.240 e. The van der Waals surface area contributed by atoms with Gasteiger partial charge in [-0.3, -0.25) is 10.3 Å². The van der Waals surface area contributed by atoms with Gasteiger partial charge in [0.2, 0.25) is 11.7 Å². The molecule has 3 rings (SSSR count). The first-order valence-electron chi connectivity index (χ1n) is 6.19. The molecule has 5 heteroatoms. The molecule has 0 saturated heterocycles. The predicted molar refractivity (Wildman–Crippen MR) is 75.6 cm³/mol. The summed E-state index contributed by atoms with van der Waals surface area (Å²) >= 11 is 0. The third kappa shape index (κ3) is 2.51. The number of benzene rings is 1. The summed E-state index contributed by atoms with van der Waals surface area (Å²) in [5.41, 5.74) is 1.84. The van der Waals surface area contributed by atoms with Crippen LogP contribution >= 0.6 is 0 Å². The summed E-state index contributed by atoms with van der Waals surface area (Å²) in [6, 6.07) is 9.76. The highest BCUT2D eigenvalue weighted by Gasteiger charge is 2.08. The fraction of sp³-hybridized carbons (Fsp3) is 0.133. The van der Waals surface area contributed by atoms with E-state index in [4.69, 9.17) is 10.9 Å². The van der Waals surface area contributed by atoms with Crippen molar-refractivity contribution in [1.82, 2.24) is 20.4 Å². The van der Waals surface area contributed by atoms with Crippen molar-refractivity contribution in [2.24, 2.45) is 0 Å². The van der Waals surface area contributed by atoms with Crippen LogP contribution in [0.1, 0.15) is 5.89 Å². The topological polar surface area (TPSA) is 63.8 Å². The van der Waals surface area contributed by atoms with Crippen molar-refractivity contribution in [1.29, 1.82) is 0 Å². The number of nitrogens with zero attached hydrogens (tertiary/aromatic N) is 3. The lowest BCUT2D eigenvalue weighted by Gasteiger charge is -1.98. The van der Waals surface area contributed by atoms with E-state index in [0.29, 0.717) is 24.8 Å². The number of terminal acetylenes is 1. The van der Waals surface area contributed by atoms with E-state index in [-0.39, 0.29) is 0 Å². The molecule has 0 amide bonds. The molecule has 1 N–H and O–H groups in total. The molecule has 0 unspecified atom stereocenters. The number of rotatable bonds is 4. The van der Waals surface area contributed by atoms with Crippen LogP contribution in [0.4, 0.5) is 0 Å². The van der Waals surface area contributed by atoms with Crippen molar-refractivity contribution in [2.45, 2.75) is 6.54 Å². The Bertz CT molecular complexity index is 773. The molecule has 0 bridgehead atoms. The molecule has 0 atom stereocenters. The molecule has 0 spiro atoms. The summed E-state index contributed by atoms with van der Waals surface area (Å²) in [6.07, 6.45) is 6.93. The minimum atomic E-state index is 0.465. The summed E-state index contributed by atoms with van der Waals surface area (Å²) < 4.78 is 5.17. The first kappa shape index (κ1) is 12.3. The van der Waals surface area contributed by atoms with Crippen LogP contribution in [-0.2, 0) is 6.54 Å². The molecular formula is C15H12N4O. The molecule has 20 heavy (non-hydrogen) atoms. The number of aromatic nitrogens is 3. The Balaban J connectivity index is 1.85. The highest BCUT2D eigenvalue weighted by molar-refractivity contribution is 5.82. The van der Waals surface area contributed by atoms with Crippen LogP contribution < -0.4 is 5.32 Å². The summed E-state index contributed by atoms with van der Waals surface area (Å²) in [4.78, 5) is 8.61. The quantitative estimate of drug-likeness (QED) is 0.577. The van der Waals surface area contributed by atoms with Crippen molar-refractivity contribution < 1.29 is 4.52 Å². The van der Waals surface area contributed by atoms with Gasteiger partial charge in [-0.05, 0) is 24.3 Å². The predicted octanol–water partition coefficient (Wildman–Crippen LogP) is 2.01. The molecule has 1 aromatic carbocycles. The Hall–Kier alpha value is -2.71. The molecule has 2 heterocycles. The molecule has 0 radical (unpaired) electrons. The monoisotopic (exact) mass is 264 g/mol. The van der Waals surface area contributed by atoms with Gasteiger partial charge in [0.15, 0.2) is 0 Å². The Morgan fingerprint density at radius 1 is 1.30 bits per heavy atom. The second kappa shape index (κ2) is 5.51. The van der Waals surface area contributed by atoms with Gasteiger partial charge in [-0.2, -0.15) is 4.98 Å². The summed E-state index contributed by atoms with van der Waals surface area (Å²) in [6.45, 7) is 0.936. The van der Waals surface area contributed by atoms with Gasteiger partial charge in [-0.1, -0.05) is 17.1 Å². The van der Waals surface area contributed by atoms with Crippen LogP contribution in [0, 0.1) is 12.3 Å². The van der Waals surface area contributed by atoms with Gasteiger partial charge in [0.05, 0.1) is 18.6 Å². The Morgan fingerprint density at radius 2 is 2.25 bits per heavy atom.